The highest BCUT2D eigenvalue weighted by Gasteiger charge is 2.31. The minimum Gasteiger partial charge on any atom is -0.271 e. The normalized spacial score (nSPS) is 12.7. The second-order valence-electron chi connectivity index (χ2n) is 20.0. The third-order valence-electron chi connectivity index (χ3n) is 15.6. The molecular formula is C58H65N5O6. The Morgan fingerprint density at radius 2 is 0.710 bits per heavy atom. The number of fused-ring (bicyclic) bond motifs is 4. The lowest BCUT2D eigenvalue weighted by molar-refractivity contribution is 0.384. The van der Waals surface area contributed by atoms with Crippen LogP contribution in [0.25, 0.3) is 81.4 Å². The van der Waals surface area contributed by atoms with E-state index >= 15 is 28.8 Å². The average molecular weight is 928 g/mol. The number of nitrogens with zero attached hydrogens (tertiary/aromatic N) is 5. The van der Waals surface area contributed by atoms with E-state index in [1.807, 2.05) is 30.3 Å². The van der Waals surface area contributed by atoms with Crippen molar-refractivity contribution in [2.24, 2.45) is 0 Å². The van der Waals surface area contributed by atoms with E-state index < -0.39 is 22.5 Å². The van der Waals surface area contributed by atoms with Gasteiger partial charge in [-0.25, -0.2) is 14.2 Å². The number of aromatic nitrogens is 5. The molecule has 0 unspecified atom stereocenters. The number of rotatable bonds is 23. The molecule has 0 atom stereocenters. The quantitative estimate of drug-likeness (QED) is 0.0357. The van der Waals surface area contributed by atoms with Crippen LogP contribution in [-0.4, -0.2) is 22.7 Å². The van der Waals surface area contributed by atoms with Crippen molar-refractivity contribution >= 4 is 75.7 Å². The van der Waals surface area contributed by atoms with Crippen LogP contribution in [0.4, 0.5) is 0 Å². The van der Waals surface area contributed by atoms with Gasteiger partial charge >= 0.3 is 11.4 Å². The molecule has 6 aromatic carbocycles. The molecule has 0 amide bonds. The van der Waals surface area contributed by atoms with Gasteiger partial charge in [0.2, 0.25) is 0 Å². The molecular weight excluding hydrogens is 863 g/mol. The highest BCUT2D eigenvalue weighted by molar-refractivity contribution is 6.44. The van der Waals surface area contributed by atoms with E-state index in [4.69, 9.17) is 0 Å². The molecule has 4 heterocycles. The molecule has 0 spiro atoms. The van der Waals surface area contributed by atoms with Gasteiger partial charge in [-0.05, 0) is 72.9 Å². The van der Waals surface area contributed by atoms with Crippen molar-refractivity contribution in [3.05, 3.63) is 129 Å². The van der Waals surface area contributed by atoms with Crippen LogP contribution in [0.15, 0.2) is 95.5 Å². The molecule has 0 aliphatic rings. The van der Waals surface area contributed by atoms with Gasteiger partial charge < -0.3 is 0 Å². The van der Waals surface area contributed by atoms with Crippen LogP contribution in [-0.2, 0) is 0 Å². The van der Waals surface area contributed by atoms with E-state index in [-0.39, 0.29) is 23.2 Å². The summed E-state index contributed by atoms with van der Waals surface area (Å²) in [6.45, 7) is 8.68. The lowest BCUT2D eigenvalue weighted by atomic mass is 9.84. The first-order valence-corrected chi connectivity index (χ1v) is 26.2. The molecule has 11 heteroatoms. The smallest absolute Gasteiger partial charge is 0.271 e. The van der Waals surface area contributed by atoms with Crippen LogP contribution in [0, 0.1) is 0 Å². The number of para-hydroxylation sites is 1. The molecule has 0 bridgehead atoms. The first-order valence-electron chi connectivity index (χ1n) is 26.2. The Bertz CT molecular complexity index is 3590. The molecule has 0 saturated heterocycles. The van der Waals surface area contributed by atoms with Gasteiger partial charge in [-0.2, -0.15) is 9.03 Å². The maximum Gasteiger partial charge on any atom is 0.356 e. The first kappa shape index (κ1) is 46.4. The van der Waals surface area contributed by atoms with E-state index in [2.05, 4.69) is 27.7 Å². The lowest BCUT2D eigenvalue weighted by Crippen LogP contribution is -2.37. The summed E-state index contributed by atoms with van der Waals surface area (Å²) in [5, 5.41) is 6.48. The largest absolute Gasteiger partial charge is 0.356 e. The van der Waals surface area contributed by atoms with Gasteiger partial charge in [-0.3, -0.25) is 28.3 Å². The topological polar surface area (TPSA) is 126 Å². The van der Waals surface area contributed by atoms with Gasteiger partial charge in [0, 0.05) is 55.2 Å². The summed E-state index contributed by atoms with van der Waals surface area (Å²) in [4.78, 5) is 91.0. The van der Waals surface area contributed by atoms with Crippen LogP contribution < -0.4 is 33.6 Å². The molecule has 0 fully saturated rings. The molecule has 10 aromatic rings. The third-order valence-corrected chi connectivity index (χ3v) is 15.6. The summed E-state index contributed by atoms with van der Waals surface area (Å²) < 4.78 is 6.84. The van der Waals surface area contributed by atoms with Gasteiger partial charge in [0.15, 0.2) is 0 Å². The lowest BCUT2D eigenvalue weighted by Gasteiger charge is -2.24. The zero-order valence-corrected chi connectivity index (χ0v) is 40.8. The van der Waals surface area contributed by atoms with Crippen LogP contribution in [0.1, 0.15) is 168 Å². The molecule has 0 N–H and O–H groups in total. The minimum atomic E-state index is -0.631. The van der Waals surface area contributed by atoms with E-state index in [1.165, 1.54) is 18.2 Å². The molecule has 358 valence electrons. The Morgan fingerprint density at radius 1 is 0.362 bits per heavy atom. The summed E-state index contributed by atoms with van der Waals surface area (Å²) >= 11 is 0. The van der Waals surface area contributed by atoms with Crippen molar-refractivity contribution in [3.8, 4) is 5.69 Å². The van der Waals surface area contributed by atoms with Crippen molar-refractivity contribution in [1.82, 2.24) is 22.7 Å². The minimum absolute atomic E-state index is 0.295. The van der Waals surface area contributed by atoms with Gasteiger partial charge in [0.1, 0.15) is 0 Å². The van der Waals surface area contributed by atoms with Crippen molar-refractivity contribution in [1.29, 1.82) is 0 Å². The maximum absolute atomic E-state index is 15.3. The predicted molar refractivity (Wildman–Crippen MR) is 284 cm³/mol. The zero-order valence-electron chi connectivity index (χ0n) is 40.8. The van der Waals surface area contributed by atoms with E-state index in [1.54, 1.807) is 36.4 Å². The fourth-order valence-corrected chi connectivity index (χ4v) is 12.1. The monoisotopic (exact) mass is 927 g/mol. The van der Waals surface area contributed by atoms with E-state index in [0.29, 0.717) is 96.3 Å². The highest BCUT2D eigenvalue weighted by atomic mass is 16.2. The van der Waals surface area contributed by atoms with Crippen molar-refractivity contribution in [3.63, 3.8) is 0 Å². The summed E-state index contributed by atoms with van der Waals surface area (Å²) in [5.41, 5.74) is -1.64. The Balaban J connectivity index is 1.34. The van der Waals surface area contributed by atoms with Crippen LogP contribution in [0.2, 0.25) is 0 Å². The fraction of sp³-hybridized carbons (Fsp3) is 0.448. The van der Waals surface area contributed by atoms with Gasteiger partial charge in [0.05, 0.1) is 27.5 Å². The molecule has 11 nitrogen and oxygen atoms in total. The standard InChI is InChI=1S/C58H65N5O6/c1-5-9-13-18-24-36(25-19-14-10-6-2)59-53(64)41-32-30-39-40-31-33-42-48-44(56(67)60(54(42)65)37(26-20-15-11-7-3)27-21-16-12-8-4)35-46-52(50(40)48)51-45(34-43(55(59)66)47(41)49(39)51)62-57(68)61(58(69)63(46)62)38-28-22-17-23-29-38/h17,22-23,28-37H,5-16,18-21,24-27H2,1-4H3. The third kappa shape index (κ3) is 7.44. The van der Waals surface area contributed by atoms with Gasteiger partial charge in [-0.1, -0.05) is 161 Å². The highest BCUT2D eigenvalue weighted by Crippen LogP contribution is 2.47. The van der Waals surface area contributed by atoms with E-state index in [9.17, 15) is 0 Å². The fourth-order valence-electron chi connectivity index (χ4n) is 12.1. The Labute approximate surface area is 399 Å². The molecule has 69 heavy (non-hydrogen) atoms. The maximum atomic E-state index is 15.3. The van der Waals surface area contributed by atoms with Crippen molar-refractivity contribution in [2.75, 3.05) is 0 Å². The second-order valence-corrected chi connectivity index (χ2v) is 20.0. The number of benzene rings is 6. The van der Waals surface area contributed by atoms with Crippen molar-refractivity contribution in [2.45, 2.75) is 168 Å². The van der Waals surface area contributed by atoms with Crippen LogP contribution >= 0.6 is 0 Å². The molecule has 0 radical (unpaired) electrons. The van der Waals surface area contributed by atoms with Crippen molar-refractivity contribution < 1.29 is 0 Å². The predicted octanol–water partition coefficient (Wildman–Crippen LogP) is 12.4. The summed E-state index contributed by atoms with van der Waals surface area (Å²) in [5.74, 6) is 0. The summed E-state index contributed by atoms with van der Waals surface area (Å²) in [6, 6.07) is 19.1. The Kier molecular flexibility index (Phi) is 12.9. The number of hydrogen-bond donors (Lipinski definition) is 0. The molecule has 0 aliphatic heterocycles. The number of hydrogen-bond acceptors (Lipinski definition) is 6. The molecule has 0 saturated carbocycles. The molecule has 0 aliphatic carbocycles. The first-order chi connectivity index (χ1) is 33.7. The van der Waals surface area contributed by atoms with Crippen LogP contribution in [0.5, 0.6) is 0 Å². The SMILES string of the molecule is CCCCCCC(CCCCCC)n1c(=O)c2ccc3c4ccc5c(=O)n(C(CCCCCC)CCCCCC)c(=O)c6cc7c(c4c56)c4c3c2c(cc4n2c(=O)n(-c3ccccc3)c(=O)n72)c1=O. The van der Waals surface area contributed by atoms with E-state index in [0.717, 1.165) is 118 Å². The number of unbranched alkanes of at least 4 members (excludes halogenated alkanes) is 12. The Morgan fingerprint density at radius 3 is 1.07 bits per heavy atom. The van der Waals surface area contributed by atoms with Gasteiger partial charge in [0.25, 0.3) is 22.2 Å². The Hall–Kier alpha value is -6.36. The van der Waals surface area contributed by atoms with Gasteiger partial charge in [-0.15, -0.1) is 0 Å². The second kappa shape index (κ2) is 19.2. The zero-order chi connectivity index (χ0) is 48.1. The molecule has 10 rings (SSSR count). The summed E-state index contributed by atoms with van der Waals surface area (Å²) in [6.07, 6.45) is 19.2. The summed E-state index contributed by atoms with van der Waals surface area (Å²) in [7, 11) is 0. The average Bonchev–Trinajstić information content (AvgIpc) is 3.63. The van der Waals surface area contributed by atoms with Crippen LogP contribution in [0.3, 0.4) is 0 Å². The molecule has 4 aromatic heterocycles. The number of pyridine rings is 2.